The van der Waals surface area contributed by atoms with E-state index in [1.807, 2.05) is 37.5 Å². The molecular formula is C41H50FN9O7. The first-order valence-corrected chi connectivity index (χ1v) is 19.7. The third-order valence-corrected chi connectivity index (χ3v) is 10.8. The van der Waals surface area contributed by atoms with Crippen LogP contribution in [0.5, 0.6) is 0 Å². The van der Waals surface area contributed by atoms with Gasteiger partial charge in [0.15, 0.2) is 5.78 Å². The van der Waals surface area contributed by atoms with Crippen LogP contribution in [0, 0.1) is 29.1 Å². The molecule has 17 heteroatoms. The molecule has 2 aliphatic heterocycles. The van der Waals surface area contributed by atoms with Crippen molar-refractivity contribution in [2.24, 2.45) is 17.8 Å². The second kappa shape index (κ2) is 20.2. The number of Topliss-reactive ketones (excluding diaryl/α,β-unsaturated/α-hetero) is 1. The molecule has 0 spiro atoms. The Morgan fingerprint density at radius 3 is 2.52 bits per heavy atom. The van der Waals surface area contributed by atoms with Crippen LogP contribution in [0.25, 0.3) is 11.3 Å². The van der Waals surface area contributed by atoms with Crippen LogP contribution in [-0.4, -0.2) is 115 Å². The van der Waals surface area contributed by atoms with Crippen molar-refractivity contribution in [1.29, 1.82) is 5.26 Å². The predicted molar refractivity (Wildman–Crippen MR) is 207 cm³/mol. The second-order valence-corrected chi connectivity index (χ2v) is 14.9. The van der Waals surface area contributed by atoms with Gasteiger partial charge in [-0.3, -0.25) is 24.0 Å². The number of carbonyl (C=O) groups excluding carboxylic acids is 5. The van der Waals surface area contributed by atoms with E-state index in [-0.39, 0.29) is 74.6 Å². The quantitative estimate of drug-likeness (QED) is 0.121. The number of amides is 4. The summed E-state index contributed by atoms with van der Waals surface area (Å²) in [5, 5.41) is 29.3. The zero-order valence-corrected chi connectivity index (χ0v) is 32.6. The summed E-state index contributed by atoms with van der Waals surface area (Å²) in [6.07, 6.45) is 0.950. The van der Waals surface area contributed by atoms with Crippen LogP contribution >= 0.6 is 0 Å². The van der Waals surface area contributed by atoms with Crippen LogP contribution in [0.1, 0.15) is 59.2 Å². The molecule has 3 aromatic rings. The van der Waals surface area contributed by atoms with Crippen LogP contribution < -0.4 is 21.3 Å². The summed E-state index contributed by atoms with van der Waals surface area (Å²) in [5.74, 6) is -3.44. The van der Waals surface area contributed by atoms with Gasteiger partial charge in [0, 0.05) is 68.5 Å². The molecule has 1 unspecified atom stereocenters. The third kappa shape index (κ3) is 10.9. The van der Waals surface area contributed by atoms with Gasteiger partial charge in [-0.2, -0.15) is 5.26 Å². The summed E-state index contributed by atoms with van der Waals surface area (Å²) in [5.41, 5.74) is 4.83. The number of nitrogens with zero attached hydrogens (tertiary/aromatic N) is 5. The largest absolute Gasteiger partial charge is 0.379 e. The predicted octanol–water partition coefficient (Wildman–Crippen LogP) is 1.68. The number of aromatic nitrogens is 3. The number of ketones is 1. The molecule has 308 valence electrons. The molecule has 1 aromatic heterocycles. The number of ether oxygens (including phenoxy) is 2. The van der Waals surface area contributed by atoms with Crippen molar-refractivity contribution >= 4 is 29.4 Å². The molecule has 4 amide bonds. The number of nitriles is 1. The Balaban J connectivity index is 0.930. The highest BCUT2D eigenvalue weighted by Crippen LogP contribution is 2.37. The van der Waals surface area contributed by atoms with E-state index < -0.39 is 30.0 Å². The SMILES string of the molecule is CNCCOCCOCCC(=O)NCCNC(=O)c1ccc(-c2cn(Cc3cccc4c3CN(C(=O)C[C@@H]3C[C@@H](C(=O)C5C[C@@H](F)C[C@H]5C#N)NC3=O)C4)nn2)cc1. The zero-order valence-electron chi connectivity index (χ0n) is 32.6. The first-order valence-electron chi connectivity index (χ1n) is 19.7. The van der Waals surface area contributed by atoms with E-state index in [0.717, 1.165) is 28.8 Å². The maximum Gasteiger partial charge on any atom is 0.251 e. The highest BCUT2D eigenvalue weighted by molar-refractivity contribution is 5.96. The number of likely N-dealkylation sites (N-methyl/N-ethyl adjacent to an activating group) is 1. The van der Waals surface area contributed by atoms with Crippen molar-refractivity contribution in [3.8, 4) is 17.3 Å². The fourth-order valence-electron chi connectivity index (χ4n) is 7.65. The topological polar surface area (TPSA) is 210 Å². The first kappa shape index (κ1) is 42.0. The maximum absolute atomic E-state index is 14.0. The zero-order chi connectivity index (χ0) is 41.0. The summed E-state index contributed by atoms with van der Waals surface area (Å²) < 4.78 is 26.4. The molecule has 4 N–H and O–H groups in total. The molecule has 3 aliphatic rings. The van der Waals surface area contributed by atoms with Gasteiger partial charge in [0.05, 0.1) is 57.2 Å². The van der Waals surface area contributed by atoms with Gasteiger partial charge >= 0.3 is 0 Å². The summed E-state index contributed by atoms with van der Waals surface area (Å²) in [6, 6.07) is 14.1. The average Bonchev–Trinajstić information content (AvgIpc) is 4.04. The summed E-state index contributed by atoms with van der Waals surface area (Å²) in [6.45, 7) is 4.28. The number of alkyl halides is 1. The fraction of sp³-hybridized carbons (Fsp3) is 0.512. The Kier molecular flexibility index (Phi) is 14.7. The Labute approximate surface area is 336 Å². The summed E-state index contributed by atoms with van der Waals surface area (Å²) in [4.78, 5) is 65.8. The van der Waals surface area contributed by atoms with E-state index in [1.165, 1.54) is 0 Å². The van der Waals surface area contributed by atoms with E-state index in [2.05, 4.69) is 31.6 Å². The van der Waals surface area contributed by atoms with E-state index >= 15 is 0 Å². The standard InChI is InChI=1S/C41H50FN9O7/c1-44-12-14-58-16-15-57-13-9-37(52)45-10-11-46-40(55)27-7-5-26(6-8-27)36-25-51(49-48-36)23-29-4-2-3-28-22-50(24-34(28)29)38(53)19-30-18-35(47-41(30)56)39(54)33-20-32(42)17-31(33)21-43/h2-8,25,30-33,35,44H,9-20,22-24H2,1H3,(H,45,52)(H,46,55)(H,47,56)/t30-,31-,32-,33?,35-/m0/s1. The highest BCUT2D eigenvalue weighted by atomic mass is 19.1. The molecule has 3 heterocycles. The van der Waals surface area contributed by atoms with Gasteiger partial charge in [0.1, 0.15) is 11.9 Å². The van der Waals surface area contributed by atoms with Crippen molar-refractivity contribution < 1.29 is 37.8 Å². The Morgan fingerprint density at radius 2 is 1.74 bits per heavy atom. The van der Waals surface area contributed by atoms with E-state index in [4.69, 9.17) is 9.47 Å². The number of fused-ring (bicyclic) bond motifs is 1. The second-order valence-electron chi connectivity index (χ2n) is 14.9. The van der Waals surface area contributed by atoms with E-state index in [0.29, 0.717) is 57.3 Å². The number of hydrogen-bond donors (Lipinski definition) is 4. The van der Waals surface area contributed by atoms with Gasteiger partial charge < -0.3 is 35.6 Å². The molecule has 5 atom stereocenters. The number of carbonyl (C=O) groups is 5. The first-order chi connectivity index (χ1) is 28.1. The third-order valence-electron chi connectivity index (χ3n) is 10.8. The number of nitrogens with one attached hydrogen (secondary N) is 4. The highest BCUT2D eigenvalue weighted by Gasteiger charge is 2.46. The number of halogens is 1. The van der Waals surface area contributed by atoms with Crippen molar-refractivity contribution in [1.82, 2.24) is 41.2 Å². The Morgan fingerprint density at radius 1 is 0.966 bits per heavy atom. The monoisotopic (exact) mass is 799 g/mol. The minimum atomic E-state index is -1.21. The lowest BCUT2D eigenvalue weighted by Crippen LogP contribution is -2.38. The molecule has 6 rings (SSSR count). The van der Waals surface area contributed by atoms with Crippen LogP contribution in [0.2, 0.25) is 0 Å². The lowest BCUT2D eigenvalue weighted by molar-refractivity contribution is -0.135. The van der Waals surface area contributed by atoms with Crippen molar-refractivity contribution in [3.05, 3.63) is 70.9 Å². The minimum Gasteiger partial charge on any atom is -0.379 e. The van der Waals surface area contributed by atoms with Gasteiger partial charge in [-0.05, 0) is 55.1 Å². The fourth-order valence-corrected chi connectivity index (χ4v) is 7.65. The molecule has 16 nitrogen and oxygen atoms in total. The van der Waals surface area contributed by atoms with Gasteiger partial charge in [0.2, 0.25) is 17.7 Å². The molecular weight excluding hydrogens is 750 g/mol. The van der Waals surface area contributed by atoms with Gasteiger partial charge in [-0.15, -0.1) is 5.10 Å². The Bertz CT molecular complexity index is 1980. The normalized spacial score (nSPS) is 21.0. The van der Waals surface area contributed by atoms with Crippen molar-refractivity contribution in [3.63, 3.8) is 0 Å². The van der Waals surface area contributed by atoms with E-state index in [9.17, 15) is 33.6 Å². The van der Waals surface area contributed by atoms with Crippen LogP contribution in [-0.2, 0) is 48.3 Å². The van der Waals surface area contributed by atoms with Gasteiger partial charge in [-0.1, -0.05) is 35.5 Å². The molecule has 1 aliphatic carbocycles. The molecule has 0 radical (unpaired) electrons. The van der Waals surface area contributed by atoms with Gasteiger partial charge in [0.25, 0.3) is 5.91 Å². The number of benzene rings is 2. The molecule has 2 fully saturated rings. The Hall–Kier alpha value is -5.57. The number of rotatable bonds is 20. The lowest BCUT2D eigenvalue weighted by Gasteiger charge is -2.18. The van der Waals surface area contributed by atoms with E-state index in [1.54, 1.807) is 33.8 Å². The molecule has 2 aromatic carbocycles. The van der Waals surface area contributed by atoms with Crippen molar-refractivity contribution in [2.45, 2.75) is 64.0 Å². The maximum atomic E-state index is 14.0. The van der Waals surface area contributed by atoms with Crippen molar-refractivity contribution in [2.75, 3.05) is 53.1 Å². The lowest BCUT2D eigenvalue weighted by atomic mass is 9.87. The van der Waals surface area contributed by atoms with Crippen LogP contribution in [0.4, 0.5) is 4.39 Å². The molecule has 1 saturated carbocycles. The minimum absolute atomic E-state index is 0.0105. The number of hydrogen-bond acceptors (Lipinski definition) is 11. The average molecular weight is 800 g/mol. The summed E-state index contributed by atoms with van der Waals surface area (Å²) in [7, 11) is 1.85. The summed E-state index contributed by atoms with van der Waals surface area (Å²) >= 11 is 0. The van der Waals surface area contributed by atoms with Gasteiger partial charge in [-0.25, -0.2) is 9.07 Å². The smallest absolute Gasteiger partial charge is 0.251 e. The van der Waals surface area contributed by atoms with Crippen LogP contribution in [0.3, 0.4) is 0 Å². The molecule has 1 saturated heterocycles. The van der Waals surface area contributed by atoms with Crippen LogP contribution in [0.15, 0.2) is 48.7 Å². The molecule has 58 heavy (non-hydrogen) atoms. The molecule has 0 bridgehead atoms.